The second-order valence-corrected chi connectivity index (χ2v) is 3.59. The van der Waals surface area contributed by atoms with Gasteiger partial charge < -0.3 is 10.4 Å². The van der Waals surface area contributed by atoms with Crippen LogP contribution in [-0.2, 0) is 0 Å². The molecule has 2 aliphatic rings. The maximum absolute atomic E-state index is 9.54. The Bertz CT molecular complexity index is 133. The van der Waals surface area contributed by atoms with E-state index in [2.05, 4.69) is 5.32 Å². The summed E-state index contributed by atoms with van der Waals surface area (Å²) < 4.78 is 0. The Kier molecular flexibility index (Phi) is 0.945. The second kappa shape index (κ2) is 1.50. The van der Waals surface area contributed by atoms with Crippen LogP contribution in [0.2, 0.25) is 0 Å². The molecule has 3 unspecified atom stereocenters. The van der Waals surface area contributed by atoms with Gasteiger partial charge in [0.25, 0.3) is 0 Å². The van der Waals surface area contributed by atoms with Crippen LogP contribution in [0.5, 0.6) is 0 Å². The quantitative estimate of drug-likeness (QED) is 0.479. The van der Waals surface area contributed by atoms with Crippen LogP contribution in [0, 0.1) is 11.8 Å². The van der Waals surface area contributed by atoms with Crippen molar-refractivity contribution in [2.45, 2.75) is 18.9 Å². The number of fused-ring (bicyclic) bond motifs is 1. The highest BCUT2D eigenvalue weighted by Crippen LogP contribution is 2.45. The predicted molar refractivity (Wildman–Crippen MR) is 35.1 cm³/mol. The molecule has 2 N–H and O–H groups in total. The highest BCUT2D eigenvalue weighted by Gasteiger charge is 2.51. The van der Waals surface area contributed by atoms with Crippen molar-refractivity contribution in [2.24, 2.45) is 11.8 Å². The number of nitrogens with one attached hydrogen (secondary N) is 1. The topological polar surface area (TPSA) is 32.3 Å². The van der Waals surface area contributed by atoms with Gasteiger partial charge in [-0.05, 0) is 25.8 Å². The molecule has 0 aromatic carbocycles. The lowest BCUT2D eigenvalue weighted by Crippen LogP contribution is -2.50. The largest absolute Gasteiger partial charge is 0.390 e. The lowest BCUT2D eigenvalue weighted by molar-refractivity contribution is -0.101. The summed E-state index contributed by atoms with van der Waals surface area (Å²) in [4.78, 5) is 0. The van der Waals surface area contributed by atoms with Gasteiger partial charge in [-0.3, -0.25) is 0 Å². The molecule has 1 heterocycles. The van der Waals surface area contributed by atoms with Gasteiger partial charge in [-0.1, -0.05) is 0 Å². The normalized spacial score (nSPS) is 56.7. The van der Waals surface area contributed by atoms with E-state index in [1.807, 2.05) is 6.92 Å². The lowest BCUT2D eigenvalue weighted by atomic mass is 9.64. The minimum absolute atomic E-state index is 0.339. The number of hydrogen-bond acceptors (Lipinski definition) is 2. The van der Waals surface area contributed by atoms with Crippen molar-refractivity contribution in [3.05, 3.63) is 0 Å². The van der Waals surface area contributed by atoms with E-state index in [9.17, 15) is 5.11 Å². The van der Waals surface area contributed by atoms with Crippen LogP contribution in [0.25, 0.3) is 0 Å². The van der Waals surface area contributed by atoms with E-state index >= 15 is 0 Å². The zero-order valence-corrected chi connectivity index (χ0v) is 5.72. The molecule has 2 rings (SSSR count). The SMILES string of the molecule is CC1(O)CC2CNCC21. The van der Waals surface area contributed by atoms with E-state index in [-0.39, 0.29) is 5.60 Å². The van der Waals surface area contributed by atoms with E-state index < -0.39 is 0 Å². The Morgan fingerprint density at radius 3 is 2.78 bits per heavy atom. The first kappa shape index (κ1) is 5.69. The summed E-state index contributed by atoms with van der Waals surface area (Å²) in [6.45, 7) is 4.10. The molecule has 2 heteroatoms. The molecule has 0 aromatic heterocycles. The molecule has 0 bridgehead atoms. The molecular weight excluding hydrogens is 114 g/mol. The molecule has 9 heavy (non-hydrogen) atoms. The van der Waals surface area contributed by atoms with E-state index in [1.165, 1.54) is 0 Å². The third kappa shape index (κ3) is 0.634. The molecular formula is C7H13NO. The van der Waals surface area contributed by atoms with E-state index in [4.69, 9.17) is 0 Å². The molecule has 0 amide bonds. The van der Waals surface area contributed by atoms with E-state index in [1.54, 1.807) is 0 Å². The van der Waals surface area contributed by atoms with Gasteiger partial charge in [0.05, 0.1) is 5.60 Å². The molecule has 2 fully saturated rings. The number of rotatable bonds is 0. The molecule has 1 saturated carbocycles. The zero-order chi connectivity index (χ0) is 6.48. The van der Waals surface area contributed by atoms with Crippen molar-refractivity contribution in [1.82, 2.24) is 5.32 Å². The molecule has 1 saturated heterocycles. The van der Waals surface area contributed by atoms with Crippen LogP contribution in [0.3, 0.4) is 0 Å². The summed E-state index contributed by atoms with van der Waals surface area (Å²) in [6, 6.07) is 0. The average Bonchev–Trinajstić information content (AvgIpc) is 2.10. The van der Waals surface area contributed by atoms with Gasteiger partial charge in [-0.2, -0.15) is 0 Å². The third-order valence-corrected chi connectivity index (χ3v) is 2.81. The number of aliphatic hydroxyl groups is 1. The Morgan fingerprint density at radius 1 is 1.56 bits per heavy atom. The van der Waals surface area contributed by atoms with E-state index in [0.717, 1.165) is 25.4 Å². The minimum Gasteiger partial charge on any atom is -0.390 e. The highest BCUT2D eigenvalue weighted by atomic mass is 16.3. The molecule has 1 aliphatic carbocycles. The average molecular weight is 127 g/mol. The van der Waals surface area contributed by atoms with Crippen LogP contribution >= 0.6 is 0 Å². The first-order valence-electron chi connectivity index (χ1n) is 3.63. The molecule has 1 aliphatic heterocycles. The fourth-order valence-corrected chi connectivity index (χ4v) is 2.20. The Morgan fingerprint density at radius 2 is 2.33 bits per heavy atom. The summed E-state index contributed by atoms with van der Waals surface area (Å²) in [5, 5.41) is 12.8. The highest BCUT2D eigenvalue weighted by molar-refractivity contribution is 5.04. The van der Waals surface area contributed by atoms with Crippen molar-refractivity contribution in [3.8, 4) is 0 Å². The maximum atomic E-state index is 9.54. The second-order valence-electron chi connectivity index (χ2n) is 3.59. The summed E-state index contributed by atoms with van der Waals surface area (Å²) >= 11 is 0. The van der Waals surface area contributed by atoms with Crippen molar-refractivity contribution >= 4 is 0 Å². The number of hydrogen-bond donors (Lipinski definition) is 2. The molecule has 3 atom stereocenters. The van der Waals surface area contributed by atoms with Gasteiger partial charge >= 0.3 is 0 Å². The Labute approximate surface area is 55.3 Å². The summed E-state index contributed by atoms with van der Waals surface area (Å²) in [5.74, 6) is 1.33. The fourth-order valence-electron chi connectivity index (χ4n) is 2.20. The van der Waals surface area contributed by atoms with Crippen LogP contribution in [-0.4, -0.2) is 23.8 Å². The van der Waals surface area contributed by atoms with Gasteiger partial charge in [-0.25, -0.2) is 0 Å². The van der Waals surface area contributed by atoms with Crippen molar-refractivity contribution in [3.63, 3.8) is 0 Å². The molecule has 52 valence electrons. The summed E-state index contributed by atoms with van der Waals surface area (Å²) in [6.07, 6.45) is 1.00. The first-order valence-corrected chi connectivity index (χ1v) is 3.63. The summed E-state index contributed by atoms with van der Waals surface area (Å²) in [7, 11) is 0. The molecule has 0 radical (unpaired) electrons. The maximum Gasteiger partial charge on any atom is 0.0666 e. The first-order chi connectivity index (χ1) is 4.20. The van der Waals surface area contributed by atoms with Crippen molar-refractivity contribution < 1.29 is 5.11 Å². The van der Waals surface area contributed by atoms with Crippen LogP contribution in [0.1, 0.15) is 13.3 Å². The molecule has 2 nitrogen and oxygen atoms in total. The van der Waals surface area contributed by atoms with Gasteiger partial charge in [-0.15, -0.1) is 0 Å². The van der Waals surface area contributed by atoms with Gasteiger partial charge in [0.1, 0.15) is 0 Å². The molecule has 0 aromatic rings. The fraction of sp³-hybridized carbons (Fsp3) is 1.00. The van der Waals surface area contributed by atoms with Crippen molar-refractivity contribution in [2.75, 3.05) is 13.1 Å². The van der Waals surface area contributed by atoms with Gasteiger partial charge in [0.2, 0.25) is 0 Å². The lowest BCUT2D eigenvalue weighted by Gasteiger charge is -2.45. The molecule has 0 spiro atoms. The monoisotopic (exact) mass is 127 g/mol. The predicted octanol–water partition coefficient (Wildman–Crippen LogP) is -0.0233. The summed E-state index contributed by atoms with van der Waals surface area (Å²) in [5.41, 5.74) is -0.339. The van der Waals surface area contributed by atoms with Crippen LogP contribution in [0.4, 0.5) is 0 Å². The van der Waals surface area contributed by atoms with Gasteiger partial charge in [0.15, 0.2) is 0 Å². The zero-order valence-electron chi connectivity index (χ0n) is 5.72. The van der Waals surface area contributed by atoms with Crippen molar-refractivity contribution in [1.29, 1.82) is 0 Å². The standard InChI is InChI=1S/C7H13NO/c1-7(9)2-5-3-8-4-6(5)7/h5-6,8-9H,2-4H2,1H3. The third-order valence-electron chi connectivity index (χ3n) is 2.81. The smallest absolute Gasteiger partial charge is 0.0666 e. The minimum atomic E-state index is -0.339. The Balaban J connectivity index is 2.09. The van der Waals surface area contributed by atoms with E-state index in [0.29, 0.717) is 5.92 Å². The van der Waals surface area contributed by atoms with Crippen LogP contribution in [0.15, 0.2) is 0 Å². The Hall–Kier alpha value is -0.0800. The van der Waals surface area contributed by atoms with Crippen LogP contribution < -0.4 is 5.32 Å². The van der Waals surface area contributed by atoms with Gasteiger partial charge in [0, 0.05) is 12.5 Å².